The number of aryl methyl sites for hydroxylation is 1. The molecule has 8 heteroatoms. The monoisotopic (exact) mass is 473 g/mol. The van der Waals surface area contributed by atoms with Gasteiger partial charge in [-0.3, -0.25) is 4.79 Å². The number of para-hydroxylation sites is 1. The molecule has 0 radical (unpaired) electrons. The van der Waals surface area contributed by atoms with Gasteiger partial charge in [0.1, 0.15) is 11.1 Å². The van der Waals surface area contributed by atoms with Crippen LogP contribution < -0.4 is 19.5 Å². The Bertz CT molecular complexity index is 1400. The highest BCUT2D eigenvalue weighted by molar-refractivity contribution is 7.16. The van der Waals surface area contributed by atoms with Gasteiger partial charge in [0.2, 0.25) is 5.75 Å². The van der Waals surface area contributed by atoms with E-state index >= 15 is 0 Å². The summed E-state index contributed by atoms with van der Waals surface area (Å²) in [5.74, 6) is 1.14. The first kappa shape index (κ1) is 23.1. The van der Waals surface area contributed by atoms with Crippen LogP contribution in [0.25, 0.3) is 22.2 Å². The van der Waals surface area contributed by atoms with E-state index in [2.05, 4.69) is 11.4 Å². The van der Waals surface area contributed by atoms with Crippen LogP contribution in [0.1, 0.15) is 27.7 Å². The molecule has 0 fully saturated rings. The van der Waals surface area contributed by atoms with E-state index in [-0.39, 0.29) is 5.91 Å². The first-order chi connectivity index (χ1) is 16.5. The van der Waals surface area contributed by atoms with E-state index in [9.17, 15) is 10.1 Å². The van der Waals surface area contributed by atoms with Gasteiger partial charge in [0, 0.05) is 15.8 Å². The Hall–Kier alpha value is -4.09. The Morgan fingerprint density at radius 3 is 2.38 bits per heavy atom. The second kappa shape index (κ2) is 9.81. The van der Waals surface area contributed by atoms with E-state index in [0.717, 1.165) is 11.3 Å². The molecule has 4 rings (SSSR count). The number of pyridine rings is 1. The van der Waals surface area contributed by atoms with Gasteiger partial charge in [0.25, 0.3) is 5.91 Å². The molecule has 0 aliphatic carbocycles. The lowest BCUT2D eigenvalue weighted by Crippen LogP contribution is -2.13. The molecule has 0 aliphatic rings. The average Bonchev–Trinajstić information content (AvgIpc) is 3.28. The number of rotatable bonds is 7. The molecule has 0 unspecified atom stereocenters. The number of anilines is 1. The molecule has 2 aromatic heterocycles. The van der Waals surface area contributed by atoms with Crippen LogP contribution >= 0.6 is 11.3 Å². The van der Waals surface area contributed by atoms with E-state index in [1.807, 2.05) is 37.3 Å². The van der Waals surface area contributed by atoms with Crippen LogP contribution in [0.15, 0.2) is 48.5 Å². The summed E-state index contributed by atoms with van der Waals surface area (Å²) in [5.41, 5.74) is 2.85. The van der Waals surface area contributed by atoms with Crippen molar-refractivity contribution in [2.45, 2.75) is 13.3 Å². The molecule has 7 nitrogen and oxygen atoms in total. The number of methoxy groups -OCH3 is 3. The maximum absolute atomic E-state index is 13.4. The zero-order chi connectivity index (χ0) is 24.2. The molecule has 0 saturated carbocycles. The fourth-order valence-electron chi connectivity index (χ4n) is 3.70. The second-order valence-electron chi connectivity index (χ2n) is 7.36. The van der Waals surface area contributed by atoms with Gasteiger partial charge in [-0.25, -0.2) is 4.98 Å². The van der Waals surface area contributed by atoms with E-state index in [4.69, 9.17) is 19.2 Å². The predicted molar refractivity (Wildman–Crippen MR) is 133 cm³/mol. The van der Waals surface area contributed by atoms with Crippen molar-refractivity contribution in [2.24, 2.45) is 0 Å². The van der Waals surface area contributed by atoms with E-state index in [1.54, 1.807) is 39.5 Å². The summed E-state index contributed by atoms with van der Waals surface area (Å²) in [5, 5.41) is 13.7. The summed E-state index contributed by atoms with van der Waals surface area (Å²) in [6.45, 7) is 2.01. The predicted octanol–water partition coefficient (Wildman–Crippen LogP) is 5.68. The van der Waals surface area contributed by atoms with Crippen molar-refractivity contribution in [3.63, 3.8) is 0 Å². The number of nitrogens with zero attached hydrogens (tertiary/aromatic N) is 2. The fraction of sp³-hybridized carbons (Fsp3) is 0.192. The summed E-state index contributed by atoms with van der Waals surface area (Å²) in [7, 11) is 4.64. The number of aromatic nitrogens is 1. The van der Waals surface area contributed by atoms with Gasteiger partial charge >= 0.3 is 0 Å². The van der Waals surface area contributed by atoms with Crippen molar-refractivity contribution in [3.8, 4) is 34.6 Å². The second-order valence-corrected chi connectivity index (χ2v) is 8.50. The summed E-state index contributed by atoms with van der Waals surface area (Å²) < 4.78 is 16.4. The molecule has 34 heavy (non-hydrogen) atoms. The van der Waals surface area contributed by atoms with Crippen LogP contribution in [-0.4, -0.2) is 32.2 Å². The van der Waals surface area contributed by atoms with Gasteiger partial charge in [-0.15, -0.1) is 11.3 Å². The molecule has 0 bridgehead atoms. The summed E-state index contributed by atoms with van der Waals surface area (Å²) >= 11 is 1.41. The molecule has 0 aliphatic heterocycles. The maximum atomic E-state index is 13.4. The molecular formula is C26H23N3O4S. The summed E-state index contributed by atoms with van der Waals surface area (Å²) in [4.78, 5) is 19.2. The van der Waals surface area contributed by atoms with Gasteiger partial charge in [0.05, 0.1) is 43.7 Å². The van der Waals surface area contributed by atoms with Crippen molar-refractivity contribution in [1.82, 2.24) is 4.98 Å². The lowest BCUT2D eigenvalue weighted by molar-refractivity contribution is 0.102. The Morgan fingerprint density at radius 1 is 1.06 bits per heavy atom. The highest BCUT2D eigenvalue weighted by Crippen LogP contribution is 2.41. The number of hydrogen-bond donors (Lipinski definition) is 1. The third-order valence-corrected chi connectivity index (χ3v) is 6.60. The van der Waals surface area contributed by atoms with Crippen LogP contribution in [0.4, 0.5) is 5.00 Å². The fourth-order valence-corrected chi connectivity index (χ4v) is 4.64. The quantitative estimate of drug-likeness (QED) is 0.371. The number of fused-ring (bicyclic) bond motifs is 1. The highest BCUT2D eigenvalue weighted by Gasteiger charge is 2.19. The third kappa shape index (κ3) is 4.26. The van der Waals surface area contributed by atoms with Crippen molar-refractivity contribution < 1.29 is 19.0 Å². The Balaban J connectivity index is 1.85. The Morgan fingerprint density at radius 2 is 1.76 bits per heavy atom. The number of ether oxygens (including phenoxy) is 3. The topological polar surface area (TPSA) is 93.5 Å². The Kier molecular flexibility index (Phi) is 6.66. The van der Waals surface area contributed by atoms with Gasteiger partial charge < -0.3 is 19.5 Å². The standard InChI is InChI=1S/C26H23N3O4S/c1-5-17-10-16(14-27)26(34-17)29-25(30)19-13-21(28-20-9-7-6-8-18(19)20)15-11-22(31-2)24(33-4)23(12-15)32-3/h6-13H,5H2,1-4H3,(H,29,30). The molecule has 172 valence electrons. The van der Waals surface area contributed by atoms with Crippen molar-refractivity contribution in [2.75, 3.05) is 26.6 Å². The molecule has 4 aromatic rings. The van der Waals surface area contributed by atoms with Crippen molar-refractivity contribution in [1.29, 1.82) is 5.26 Å². The first-order valence-electron chi connectivity index (χ1n) is 10.6. The third-order valence-electron chi connectivity index (χ3n) is 5.40. The number of thiophene rings is 1. The summed E-state index contributed by atoms with van der Waals surface area (Å²) in [6.07, 6.45) is 0.790. The molecule has 1 N–H and O–H groups in total. The average molecular weight is 474 g/mol. The van der Waals surface area contributed by atoms with Gasteiger partial charge in [0.15, 0.2) is 11.5 Å². The minimum atomic E-state index is -0.312. The number of nitrogens with one attached hydrogen (secondary N) is 1. The lowest BCUT2D eigenvalue weighted by atomic mass is 10.0. The van der Waals surface area contributed by atoms with Gasteiger partial charge in [-0.2, -0.15) is 5.26 Å². The zero-order valence-corrected chi connectivity index (χ0v) is 20.1. The number of carbonyl (C=O) groups is 1. The van der Waals surface area contributed by atoms with Crippen LogP contribution in [0.2, 0.25) is 0 Å². The summed E-state index contributed by atoms with van der Waals surface area (Å²) in [6, 6.07) is 16.7. The van der Waals surface area contributed by atoms with E-state index < -0.39 is 0 Å². The lowest BCUT2D eigenvalue weighted by Gasteiger charge is -2.15. The molecule has 1 amide bonds. The largest absolute Gasteiger partial charge is 0.493 e. The highest BCUT2D eigenvalue weighted by atomic mass is 32.1. The molecule has 0 spiro atoms. The van der Waals surface area contributed by atoms with E-state index in [0.29, 0.717) is 55.5 Å². The van der Waals surface area contributed by atoms with E-state index in [1.165, 1.54) is 11.3 Å². The Labute approximate surface area is 201 Å². The molecular weight excluding hydrogens is 450 g/mol. The number of nitriles is 1. The maximum Gasteiger partial charge on any atom is 0.257 e. The molecule has 0 atom stereocenters. The van der Waals surface area contributed by atoms with Crippen LogP contribution in [0.5, 0.6) is 17.2 Å². The zero-order valence-electron chi connectivity index (χ0n) is 19.3. The number of carbonyl (C=O) groups excluding carboxylic acids is 1. The number of amides is 1. The minimum absolute atomic E-state index is 0.312. The normalized spacial score (nSPS) is 10.6. The first-order valence-corrected chi connectivity index (χ1v) is 11.4. The number of benzene rings is 2. The van der Waals surface area contributed by atoms with Crippen LogP contribution in [-0.2, 0) is 6.42 Å². The number of hydrogen-bond acceptors (Lipinski definition) is 7. The van der Waals surface area contributed by atoms with Crippen molar-refractivity contribution >= 4 is 33.1 Å². The van der Waals surface area contributed by atoms with Crippen molar-refractivity contribution in [3.05, 3.63) is 64.5 Å². The SMILES string of the molecule is CCc1cc(C#N)c(NC(=O)c2cc(-c3cc(OC)c(OC)c(OC)c3)nc3ccccc23)s1. The molecule has 0 saturated heterocycles. The van der Waals surface area contributed by atoms with Gasteiger partial charge in [-0.1, -0.05) is 25.1 Å². The van der Waals surface area contributed by atoms with Gasteiger partial charge in [-0.05, 0) is 36.8 Å². The molecule has 2 aromatic carbocycles. The minimum Gasteiger partial charge on any atom is -0.493 e. The smallest absolute Gasteiger partial charge is 0.257 e. The van der Waals surface area contributed by atoms with Crippen LogP contribution in [0.3, 0.4) is 0 Å². The van der Waals surface area contributed by atoms with Crippen LogP contribution in [0, 0.1) is 11.3 Å². The molecule has 2 heterocycles.